The first kappa shape index (κ1) is 11.2. The highest BCUT2D eigenvalue weighted by Gasteiger charge is 2.25. The van der Waals surface area contributed by atoms with Crippen LogP contribution in [0.2, 0.25) is 0 Å². The van der Waals surface area contributed by atoms with Gasteiger partial charge in [-0.3, -0.25) is 0 Å². The summed E-state index contributed by atoms with van der Waals surface area (Å²) in [7, 11) is 0. The second kappa shape index (κ2) is 5.19. The number of thioether (sulfide) groups is 1. The first-order chi connectivity index (χ1) is 7.31. The third kappa shape index (κ3) is 2.65. The maximum absolute atomic E-state index is 3.75. The van der Waals surface area contributed by atoms with Crippen molar-refractivity contribution in [3.05, 3.63) is 29.7 Å². The van der Waals surface area contributed by atoms with E-state index < -0.39 is 0 Å². The fourth-order valence-electron chi connectivity index (χ4n) is 1.90. The molecule has 0 spiro atoms. The Bertz CT molecular complexity index is 332. The molecule has 0 fully saturated rings. The van der Waals surface area contributed by atoms with Crippen LogP contribution >= 0.6 is 23.1 Å². The largest absolute Gasteiger partial charge is 0.310 e. The first-order valence-electron chi connectivity index (χ1n) is 5.39. The fourth-order valence-corrected chi connectivity index (χ4v) is 4.47. The van der Waals surface area contributed by atoms with Gasteiger partial charge in [-0.15, -0.1) is 29.7 Å². The number of hydrogen-bond acceptors (Lipinski definition) is 3. The maximum atomic E-state index is 3.75. The highest BCUT2D eigenvalue weighted by molar-refractivity contribution is 8.01. The summed E-state index contributed by atoms with van der Waals surface area (Å²) in [6.07, 6.45) is 4.27. The third-order valence-corrected chi connectivity index (χ3v) is 4.99. The van der Waals surface area contributed by atoms with Crippen LogP contribution in [0.3, 0.4) is 0 Å². The van der Waals surface area contributed by atoms with Crippen LogP contribution in [0.15, 0.2) is 28.3 Å². The smallest absolute Gasteiger partial charge is 0.0649 e. The van der Waals surface area contributed by atoms with Gasteiger partial charge in [-0.05, 0) is 36.4 Å². The molecular formula is C12H17NS2. The van der Waals surface area contributed by atoms with Crippen LogP contribution in [-0.4, -0.2) is 11.8 Å². The molecule has 3 heteroatoms. The van der Waals surface area contributed by atoms with E-state index in [1.807, 2.05) is 29.2 Å². The molecule has 15 heavy (non-hydrogen) atoms. The average molecular weight is 239 g/mol. The van der Waals surface area contributed by atoms with Gasteiger partial charge in [0, 0.05) is 11.3 Å². The van der Waals surface area contributed by atoms with Crippen LogP contribution in [0.5, 0.6) is 0 Å². The number of nitrogens with one attached hydrogen (secondary N) is 1. The Labute approximate surface area is 100.0 Å². The summed E-state index contributed by atoms with van der Waals surface area (Å²) in [4.78, 5) is 0. The van der Waals surface area contributed by atoms with Crippen LogP contribution in [0.4, 0.5) is 0 Å². The zero-order valence-electron chi connectivity index (χ0n) is 9.03. The van der Waals surface area contributed by atoms with Gasteiger partial charge >= 0.3 is 0 Å². The van der Waals surface area contributed by atoms with E-state index >= 15 is 0 Å². The van der Waals surface area contributed by atoms with E-state index in [1.165, 1.54) is 16.2 Å². The van der Waals surface area contributed by atoms with Gasteiger partial charge < -0.3 is 5.32 Å². The highest BCUT2D eigenvalue weighted by atomic mass is 32.2. The van der Waals surface area contributed by atoms with Crippen LogP contribution in [0.25, 0.3) is 0 Å². The van der Waals surface area contributed by atoms with Gasteiger partial charge in [-0.2, -0.15) is 0 Å². The molecule has 0 bridgehead atoms. The molecule has 0 saturated carbocycles. The van der Waals surface area contributed by atoms with Crippen molar-refractivity contribution in [2.24, 2.45) is 0 Å². The van der Waals surface area contributed by atoms with Gasteiger partial charge in [0.15, 0.2) is 0 Å². The van der Waals surface area contributed by atoms with Crippen LogP contribution in [0.1, 0.15) is 31.4 Å². The summed E-state index contributed by atoms with van der Waals surface area (Å²) in [6.45, 7) is 7.11. The highest BCUT2D eigenvalue weighted by Crippen LogP contribution is 2.43. The lowest BCUT2D eigenvalue weighted by Gasteiger charge is -2.27. The van der Waals surface area contributed by atoms with Crippen molar-refractivity contribution in [1.82, 2.24) is 5.32 Å². The van der Waals surface area contributed by atoms with Gasteiger partial charge in [0.05, 0.1) is 4.21 Å². The Morgan fingerprint density at radius 3 is 3.33 bits per heavy atom. The predicted molar refractivity (Wildman–Crippen MR) is 69.8 cm³/mol. The molecule has 1 unspecified atom stereocenters. The minimum absolute atomic E-state index is 0.558. The Hall–Kier alpha value is -0.250. The van der Waals surface area contributed by atoms with Crippen LogP contribution in [-0.2, 0) is 0 Å². The maximum Gasteiger partial charge on any atom is 0.0649 e. The van der Waals surface area contributed by atoms with Crippen molar-refractivity contribution in [2.75, 3.05) is 6.54 Å². The first-order valence-corrected chi connectivity index (χ1v) is 7.15. The summed E-state index contributed by atoms with van der Waals surface area (Å²) >= 11 is 3.89. The zero-order valence-corrected chi connectivity index (χ0v) is 10.7. The normalized spacial score (nSPS) is 24.9. The van der Waals surface area contributed by atoms with E-state index in [9.17, 15) is 0 Å². The Morgan fingerprint density at radius 2 is 2.53 bits per heavy atom. The molecule has 0 amide bonds. The summed E-state index contributed by atoms with van der Waals surface area (Å²) in [5.41, 5.74) is 1.51. The molecule has 1 aromatic heterocycles. The van der Waals surface area contributed by atoms with Crippen LogP contribution < -0.4 is 5.32 Å². The van der Waals surface area contributed by atoms with Crippen molar-refractivity contribution in [1.29, 1.82) is 0 Å². The van der Waals surface area contributed by atoms with Gasteiger partial charge in [0.25, 0.3) is 0 Å². The molecule has 2 atom stereocenters. The van der Waals surface area contributed by atoms with Gasteiger partial charge in [-0.25, -0.2) is 0 Å². The lowest BCUT2D eigenvalue weighted by atomic mass is 10.0. The molecule has 0 aromatic carbocycles. The molecule has 0 saturated heterocycles. The molecule has 2 rings (SSSR count). The fraction of sp³-hybridized carbons (Fsp3) is 0.500. The van der Waals surface area contributed by atoms with Crippen molar-refractivity contribution in [2.45, 2.75) is 35.3 Å². The van der Waals surface area contributed by atoms with Gasteiger partial charge in [-0.1, -0.05) is 13.0 Å². The number of hydrogen-bond donors (Lipinski definition) is 1. The molecular weight excluding hydrogens is 222 g/mol. The quantitative estimate of drug-likeness (QED) is 0.633. The topological polar surface area (TPSA) is 12.0 Å². The monoisotopic (exact) mass is 239 g/mol. The lowest BCUT2D eigenvalue weighted by Crippen LogP contribution is -2.26. The van der Waals surface area contributed by atoms with E-state index in [4.69, 9.17) is 0 Å². The Kier molecular flexibility index (Phi) is 3.89. The second-order valence-electron chi connectivity index (χ2n) is 3.91. The molecule has 1 aliphatic rings. The minimum atomic E-state index is 0.558. The molecule has 1 nitrogen and oxygen atoms in total. The summed E-state index contributed by atoms with van der Waals surface area (Å²) < 4.78 is 1.50. The molecule has 1 N–H and O–H groups in total. The number of thiophene rings is 1. The standard InChI is InChI=1S/C12H17NS2/c1-3-4-6-13-11-8-9(2)15-12-10(11)5-7-14-12/h3,5,7,9,11,13H,1,4,6,8H2,2H3/t9-,11?/m0/s1. The van der Waals surface area contributed by atoms with E-state index in [2.05, 4.69) is 30.3 Å². The van der Waals surface area contributed by atoms with Crippen molar-refractivity contribution >= 4 is 23.1 Å². The molecule has 0 aliphatic carbocycles. The summed E-state index contributed by atoms with van der Waals surface area (Å²) in [5, 5.41) is 6.56. The minimum Gasteiger partial charge on any atom is -0.310 e. The van der Waals surface area contributed by atoms with E-state index in [0.717, 1.165) is 18.2 Å². The van der Waals surface area contributed by atoms with E-state index in [-0.39, 0.29) is 0 Å². The SMILES string of the molecule is C=CCCNC1C[C@H](C)Sc2sccc21. The molecule has 1 aromatic rings. The number of rotatable bonds is 4. The summed E-state index contributed by atoms with van der Waals surface area (Å²) in [5.74, 6) is 0. The second-order valence-corrected chi connectivity index (χ2v) is 6.53. The molecule has 0 radical (unpaired) electrons. The van der Waals surface area contributed by atoms with Crippen molar-refractivity contribution < 1.29 is 0 Å². The average Bonchev–Trinajstić information content (AvgIpc) is 2.65. The van der Waals surface area contributed by atoms with Crippen molar-refractivity contribution in [3.8, 4) is 0 Å². The molecule has 2 heterocycles. The predicted octanol–water partition coefficient (Wildman–Crippen LogP) is 3.84. The van der Waals surface area contributed by atoms with Crippen LogP contribution in [0, 0.1) is 0 Å². The Balaban J connectivity index is 2.03. The zero-order chi connectivity index (χ0) is 10.7. The molecule has 1 aliphatic heterocycles. The third-order valence-electron chi connectivity index (χ3n) is 2.65. The molecule has 82 valence electrons. The number of fused-ring (bicyclic) bond motifs is 1. The Morgan fingerprint density at radius 1 is 1.67 bits per heavy atom. The van der Waals surface area contributed by atoms with Gasteiger partial charge in [0.2, 0.25) is 0 Å². The van der Waals surface area contributed by atoms with E-state index in [1.54, 1.807) is 0 Å². The van der Waals surface area contributed by atoms with E-state index in [0.29, 0.717) is 6.04 Å². The lowest BCUT2D eigenvalue weighted by molar-refractivity contribution is 0.494. The summed E-state index contributed by atoms with van der Waals surface area (Å²) in [6, 6.07) is 2.83. The van der Waals surface area contributed by atoms with Crippen molar-refractivity contribution in [3.63, 3.8) is 0 Å². The van der Waals surface area contributed by atoms with Gasteiger partial charge in [0.1, 0.15) is 0 Å².